The molecule has 0 saturated carbocycles. The number of fused-ring (bicyclic) bond motifs is 1. The molecular formula is C13H15N5S2. The third-order valence-electron chi connectivity index (χ3n) is 2.91. The van der Waals surface area contributed by atoms with E-state index in [1.165, 1.54) is 5.01 Å². The normalized spacial score (nSPS) is 11.3. The molecule has 0 N–H and O–H groups in total. The smallest absolute Gasteiger partial charge is 0.256 e. The zero-order chi connectivity index (χ0) is 14.1. The van der Waals surface area contributed by atoms with Crippen molar-refractivity contribution in [2.24, 2.45) is 0 Å². The molecule has 3 aromatic rings. The third kappa shape index (κ3) is 2.55. The van der Waals surface area contributed by atoms with Gasteiger partial charge in [-0.15, -0.1) is 21.5 Å². The molecule has 0 fully saturated rings. The SMILES string of the molecule is CCc1nc(CSc2nnc3nc(C)cc(C)n23)cs1. The van der Waals surface area contributed by atoms with E-state index in [9.17, 15) is 0 Å². The van der Waals surface area contributed by atoms with E-state index in [4.69, 9.17) is 0 Å². The molecule has 20 heavy (non-hydrogen) atoms. The first kappa shape index (κ1) is 13.5. The van der Waals surface area contributed by atoms with Gasteiger partial charge in [-0.1, -0.05) is 18.7 Å². The van der Waals surface area contributed by atoms with Crippen molar-refractivity contribution in [3.63, 3.8) is 0 Å². The van der Waals surface area contributed by atoms with Crippen molar-refractivity contribution in [3.8, 4) is 0 Å². The highest BCUT2D eigenvalue weighted by molar-refractivity contribution is 7.98. The van der Waals surface area contributed by atoms with Crippen LogP contribution in [0.5, 0.6) is 0 Å². The molecule has 5 nitrogen and oxygen atoms in total. The quantitative estimate of drug-likeness (QED) is 0.693. The van der Waals surface area contributed by atoms with Crippen molar-refractivity contribution < 1.29 is 0 Å². The standard InChI is InChI=1S/C13H15N5S2/c1-4-11-15-10(6-19-11)7-20-13-17-16-12-14-8(2)5-9(3)18(12)13/h5-6H,4,7H2,1-3H3. The first-order chi connectivity index (χ1) is 9.67. The second kappa shape index (κ2) is 5.49. The van der Waals surface area contributed by atoms with Crippen molar-refractivity contribution in [1.29, 1.82) is 0 Å². The Kier molecular flexibility index (Phi) is 3.71. The van der Waals surface area contributed by atoms with Gasteiger partial charge in [-0.3, -0.25) is 4.40 Å². The van der Waals surface area contributed by atoms with E-state index in [-0.39, 0.29) is 0 Å². The van der Waals surface area contributed by atoms with E-state index in [1.807, 2.05) is 24.3 Å². The Labute approximate surface area is 125 Å². The van der Waals surface area contributed by atoms with Crippen LogP contribution in [0.25, 0.3) is 5.78 Å². The van der Waals surface area contributed by atoms with Gasteiger partial charge in [0, 0.05) is 22.5 Å². The lowest BCUT2D eigenvalue weighted by molar-refractivity contribution is 0.885. The molecule has 3 rings (SSSR count). The molecule has 0 aliphatic carbocycles. The Morgan fingerprint density at radius 3 is 2.85 bits per heavy atom. The number of aromatic nitrogens is 5. The summed E-state index contributed by atoms with van der Waals surface area (Å²) in [5.74, 6) is 1.47. The maximum atomic E-state index is 4.57. The van der Waals surface area contributed by atoms with Crippen LogP contribution in [-0.4, -0.2) is 24.6 Å². The fourth-order valence-electron chi connectivity index (χ4n) is 2.01. The summed E-state index contributed by atoms with van der Waals surface area (Å²) in [5.41, 5.74) is 3.17. The number of hydrogen-bond donors (Lipinski definition) is 0. The van der Waals surface area contributed by atoms with E-state index < -0.39 is 0 Å². The van der Waals surface area contributed by atoms with E-state index >= 15 is 0 Å². The van der Waals surface area contributed by atoms with E-state index in [1.54, 1.807) is 23.1 Å². The van der Waals surface area contributed by atoms with Gasteiger partial charge >= 0.3 is 0 Å². The van der Waals surface area contributed by atoms with Crippen LogP contribution in [-0.2, 0) is 12.2 Å². The van der Waals surface area contributed by atoms with Crippen molar-refractivity contribution in [2.75, 3.05) is 0 Å². The van der Waals surface area contributed by atoms with Crippen LogP contribution in [0.3, 0.4) is 0 Å². The van der Waals surface area contributed by atoms with Crippen LogP contribution in [0.1, 0.15) is 29.0 Å². The Hall–Kier alpha value is -1.47. The second-order valence-corrected chi connectivity index (χ2v) is 6.42. The highest BCUT2D eigenvalue weighted by Gasteiger charge is 2.11. The summed E-state index contributed by atoms with van der Waals surface area (Å²) in [6.07, 6.45) is 0.992. The largest absolute Gasteiger partial charge is 0.259 e. The van der Waals surface area contributed by atoms with Crippen molar-refractivity contribution >= 4 is 28.9 Å². The molecule has 0 saturated heterocycles. The molecule has 0 spiro atoms. The summed E-state index contributed by atoms with van der Waals surface area (Å²) < 4.78 is 1.99. The molecule has 0 bridgehead atoms. The molecule has 0 aliphatic heterocycles. The van der Waals surface area contributed by atoms with Crippen LogP contribution in [0.15, 0.2) is 16.6 Å². The van der Waals surface area contributed by atoms with Gasteiger partial charge in [0.15, 0.2) is 5.16 Å². The minimum atomic E-state index is 0.664. The zero-order valence-electron chi connectivity index (χ0n) is 11.6. The highest BCUT2D eigenvalue weighted by atomic mass is 32.2. The van der Waals surface area contributed by atoms with Crippen molar-refractivity contribution in [2.45, 2.75) is 38.1 Å². The van der Waals surface area contributed by atoms with Gasteiger partial charge in [0.2, 0.25) is 0 Å². The van der Waals surface area contributed by atoms with Crippen LogP contribution in [0.2, 0.25) is 0 Å². The lowest BCUT2D eigenvalue weighted by Gasteiger charge is -2.03. The Balaban J connectivity index is 1.84. The molecule has 0 radical (unpaired) electrons. The predicted octanol–water partition coefficient (Wildman–Crippen LogP) is 3.05. The average Bonchev–Trinajstić information content (AvgIpc) is 3.02. The van der Waals surface area contributed by atoms with E-state index in [2.05, 4.69) is 32.5 Å². The average molecular weight is 305 g/mol. The first-order valence-corrected chi connectivity index (χ1v) is 8.29. The summed E-state index contributed by atoms with van der Waals surface area (Å²) in [7, 11) is 0. The van der Waals surface area contributed by atoms with Gasteiger partial charge < -0.3 is 0 Å². The minimum absolute atomic E-state index is 0.664. The van der Waals surface area contributed by atoms with Crippen LogP contribution >= 0.6 is 23.1 Å². The predicted molar refractivity (Wildman–Crippen MR) is 81.3 cm³/mol. The maximum absolute atomic E-state index is 4.57. The molecule has 104 valence electrons. The van der Waals surface area contributed by atoms with Gasteiger partial charge in [0.25, 0.3) is 5.78 Å². The Bertz CT molecular complexity index is 746. The molecule has 0 atom stereocenters. The summed E-state index contributed by atoms with van der Waals surface area (Å²) in [6.45, 7) is 6.14. The molecule has 7 heteroatoms. The summed E-state index contributed by atoms with van der Waals surface area (Å²) in [5, 5.41) is 12.5. The van der Waals surface area contributed by atoms with Gasteiger partial charge in [-0.25, -0.2) is 9.97 Å². The number of hydrogen-bond acceptors (Lipinski definition) is 6. The molecular weight excluding hydrogens is 290 g/mol. The Morgan fingerprint density at radius 1 is 1.25 bits per heavy atom. The fourth-order valence-corrected chi connectivity index (χ4v) is 3.74. The van der Waals surface area contributed by atoms with E-state index in [0.29, 0.717) is 5.78 Å². The number of nitrogens with zero attached hydrogens (tertiary/aromatic N) is 5. The summed E-state index contributed by atoms with van der Waals surface area (Å²) in [4.78, 5) is 8.96. The second-order valence-electron chi connectivity index (χ2n) is 4.53. The summed E-state index contributed by atoms with van der Waals surface area (Å²) >= 11 is 3.36. The van der Waals surface area contributed by atoms with Crippen molar-refractivity contribution in [3.05, 3.63) is 33.5 Å². The zero-order valence-corrected chi connectivity index (χ0v) is 13.3. The van der Waals surface area contributed by atoms with Crippen LogP contribution < -0.4 is 0 Å². The molecule has 0 aliphatic rings. The topological polar surface area (TPSA) is 56.0 Å². The molecule has 3 aromatic heterocycles. The molecule has 0 amide bonds. The number of aryl methyl sites for hydroxylation is 3. The van der Waals surface area contributed by atoms with Crippen molar-refractivity contribution in [1.82, 2.24) is 24.6 Å². The Morgan fingerprint density at radius 2 is 2.10 bits per heavy atom. The fraction of sp³-hybridized carbons (Fsp3) is 0.385. The van der Waals surface area contributed by atoms with Crippen LogP contribution in [0.4, 0.5) is 0 Å². The minimum Gasteiger partial charge on any atom is -0.259 e. The molecule has 3 heterocycles. The number of rotatable bonds is 4. The van der Waals surface area contributed by atoms with Gasteiger partial charge in [-0.2, -0.15) is 0 Å². The van der Waals surface area contributed by atoms with E-state index in [0.717, 1.165) is 34.4 Å². The van der Waals surface area contributed by atoms with Crippen LogP contribution in [0, 0.1) is 13.8 Å². The lowest BCUT2D eigenvalue weighted by atomic mass is 10.3. The van der Waals surface area contributed by atoms with Gasteiger partial charge in [-0.05, 0) is 26.3 Å². The third-order valence-corrected chi connectivity index (χ3v) is 4.92. The van der Waals surface area contributed by atoms with Gasteiger partial charge in [0.1, 0.15) is 0 Å². The first-order valence-electron chi connectivity index (χ1n) is 6.43. The maximum Gasteiger partial charge on any atom is 0.256 e. The highest BCUT2D eigenvalue weighted by Crippen LogP contribution is 2.23. The summed E-state index contributed by atoms with van der Waals surface area (Å²) in [6, 6.07) is 2.04. The number of thioether (sulfide) groups is 1. The number of thiazole rings is 1. The lowest BCUT2D eigenvalue weighted by Crippen LogP contribution is -1.97. The molecule has 0 aromatic carbocycles. The molecule has 0 unspecified atom stereocenters. The van der Waals surface area contributed by atoms with Gasteiger partial charge in [0.05, 0.1) is 10.7 Å². The monoisotopic (exact) mass is 305 g/mol.